The van der Waals surface area contributed by atoms with Crippen LogP contribution in [-0.4, -0.2) is 35.5 Å². The van der Waals surface area contributed by atoms with Gasteiger partial charge in [0.1, 0.15) is 5.60 Å². The Morgan fingerprint density at radius 2 is 2.00 bits per heavy atom. The molecule has 4 nitrogen and oxygen atoms in total. The summed E-state index contributed by atoms with van der Waals surface area (Å²) in [5.74, 6) is 1.67. The van der Waals surface area contributed by atoms with E-state index in [1.165, 1.54) is 6.42 Å². The van der Waals surface area contributed by atoms with E-state index in [-0.39, 0.29) is 28.5 Å². The molecular weight excluding hydrogens is 292 g/mol. The summed E-state index contributed by atoms with van der Waals surface area (Å²) in [7, 11) is 0. The number of hydrogen-bond donors (Lipinski definition) is 1. The topological polar surface area (TPSA) is 59.1 Å². The zero-order valence-electron chi connectivity index (χ0n) is 14.2. The molecular formula is C19H28O4. The zero-order valence-corrected chi connectivity index (χ0v) is 14.2. The lowest BCUT2D eigenvalue weighted by atomic mass is 9.44. The normalized spacial score (nSPS) is 60.7. The van der Waals surface area contributed by atoms with Crippen LogP contribution in [0.4, 0.5) is 0 Å². The van der Waals surface area contributed by atoms with Crippen molar-refractivity contribution in [2.45, 2.75) is 76.6 Å². The van der Waals surface area contributed by atoms with Crippen LogP contribution in [0.25, 0.3) is 0 Å². The largest absolute Gasteiger partial charge is 0.465 e. The van der Waals surface area contributed by atoms with Crippen LogP contribution >= 0.6 is 0 Å². The molecule has 0 aromatic rings. The van der Waals surface area contributed by atoms with Gasteiger partial charge >= 0.3 is 5.97 Å². The van der Waals surface area contributed by atoms with E-state index in [2.05, 4.69) is 13.8 Å². The third-order valence-corrected chi connectivity index (χ3v) is 8.53. The van der Waals surface area contributed by atoms with E-state index in [0.717, 1.165) is 32.1 Å². The summed E-state index contributed by atoms with van der Waals surface area (Å²) in [6.45, 7) is 5.34. The SMILES string of the molecule is C[C@]12CC[C@H]3[C@@H](C[C@H]4O[C@]45C[C@@H](O)CC[C@]35C)[C@@H]1CC(=O)OC2. The minimum Gasteiger partial charge on any atom is -0.465 e. The predicted molar refractivity (Wildman–Crippen MR) is 83.6 cm³/mol. The van der Waals surface area contributed by atoms with E-state index in [0.29, 0.717) is 36.9 Å². The van der Waals surface area contributed by atoms with Crippen molar-refractivity contribution < 1.29 is 19.4 Å². The number of epoxide rings is 1. The fourth-order valence-electron chi connectivity index (χ4n) is 7.11. The number of ether oxygens (including phenoxy) is 2. The lowest BCUT2D eigenvalue weighted by Gasteiger charge is -2.60. The zero-order chi connectivity index (χ0) is 16.0. The Morgan fingerprint density at radius 1 is 1.17 bits per heavy atom. The molecule has 5 fully saturated rings. The van der Waals surface area contributed by atoms with Crippen molar-refractivity contribution in [3.63, 3.8) is 0 Å². The summed E-state index contributed by atoms with van der Waals surface area (Å²) in [5, 5.41) is 10.2. The van der Waals surface area contributed by atoms with Crippen LogP contribution < -0.4 is 0 Å². The van der Waals surface area contributed by atoms with Crippen LogP contribution in [0.15, 0.2) is 0 Å². The first kappa shape index (κ1) is 14.7. The van der Waals surface area contributed by atoms with E-state index in [1.54, 1.807) is 0 Å². The van der Waals surface area contributed by atoms with Crippen LogP contribution in [0.2, 0.25) is 0 Å². The number of cyclic esters (lactones) is 1. The number of aliphatic hydroxyl groups excluding tert-OH is 1. The second kappa shape index (κ2) is 4.32. The quantitative estimate of drug-likeness (QED) is 0.551. The minimum absolute atomic E-state index is 0.00843. The summed E-state index contributed by atoms with van der Waals surface area (Å²) in [6.07, 6.45) is 6.97. The van der Waals surface area contributed by atoms with Gasteiger partial charge in [0.05, 0.1) is 18.8 Å². The Kier molecular flexibility index (Phi) is 2.76. The van der Waals surface area contributed by atoms with E-state index in [9.17, 15) is 9.90 Å². The maximum absolute atomic E-state index is 11.9. The first-order valence-electron chi connectivity index (χ1n) is 9.39. The summed E-state index contributed by atoms with van der Waals surface area (Å²) in [4.78, 5) is 11.9. The van der Waals surface area contributed by atoms with Gasteiger partial charge in [0.2, 0.25) is 0 Å². The molecule has 0 unspecified atom stereocenters. The maximum atomic E-state index is 11.9. The number of carbonyl (C=O) groups excluding carboxylic acids is 1. The molecule has 2 heterocycles. The molecule has 8 atom stereocenters. The highest BCUT2D eigenvalue weighted by molar-refractivity contribution is 5.70. The Morgan fingerprint density at radius 3 is 2.83 bits per heavy atom. The molecule has 4 heteroatoms. The number of fused-ring (bicyclic) bond motifs is 4. The molecule has 2 saturated heterocycles. The van der Waals surface area contributed by atoms with Gasteiger partial charge in [-0.3, -0.25) is 4.79 Å². The molecule has 3 aliphatic carbocycles. The Bertz CT molecular complexity index is 562. The molecule has 0 bridgehead atoms. The summed E-state index contributed by atoms with van der Waals surface area (Å²) >= 11 is 0. The van der Waals surface area contributed by atoms with E-state index in [1.807, 2.05) is 0 Å². The second-order valence-corrected chi connectivity index (χ2v) is 9.48. The van der Waals surface area contributed by atoms with Gasteiger partial charge < -0.3 is 14.6 Å². The molecule has 1 spiro atoms. The van der Waals surface area contributed by atoms with Crippen molar-refractivity contribution >= 4 is 5.97 Å². The fraction of sp³-hybridized carbons (Fsp3) is 0.947. The Balaban J connectivity index is 1.51. The molecule has 1 N–H and O–H groups in total. The highest BCUT2D eigenvalue weighted by atomic mass is 16.6. The number of rotatable bonds is 0. The average molecular weight is 320 g/mol. The Labute approximate surface area is 137 Å². The minimum atomic E-state index is -0.192. The fourth-order valence-corrected chi connectivity index (χ4v) is 7.11. The monoisotopic (exact) mass is 320 g/mol. The number of hydrogen-bond acceptors (Lipinski definition) is 4. The first-order chi connectivity index (χ1) is 10.9. The van der Waals surface area contributed by atoms with Crippen molar-refractivity contribution in [2.75, 3.05) is 6.61 Å². The van der Waals surface area contributed by atoms with Crippen LogP contribution in [0.1, 0.15) is 58.8 Å². The van der Waals surface area contributed by atoms with Crippen molar-refractivity contribution in [3.8, 4) is 0 Å². The number of esters is 1. The van der Waals surface area contributed by atoms with E-state index in [4.69, 9.17) is 9.47 Å². The molecule has 0 aromatic heterocycles. The maximum Gasteiger partial charge on any atom is 0.306 e. The molecule has 23 heavy (non-hydrogen) atoms. The molecule has 5 aliphatic rings. The number of aliphatic hydroxyl groups is 1. The van der Waals surface area contributed by atoms with Crippen LogP contribution in [0.5, 0.6) is 0 Å². The van der Waals surface area contributed by atoms with E-state index >= 15 is 0 Å². The Hall–Kier alpha value is -0.610. The molecule has 0 radical (unpaired) electrons. The van der Waals surface area contributed by atoms with Crippen LogP contribution in [0.3, 0.4) is 0 Å². The molecule has 2 aliphatic heterocycles. The second-order valence-electron chi connectivity index (χ2n) is 9.48. The summed E-state index contributed by atoms with van der Waals surface area (Å²) in [5.41, 5.74) is 0.283. The third kappa shape index (κ3) is 1.72. The number of carbonyl (C=O) groups is 1. The third-order valence-electron chi connectivity index (χ3n) is 8.53. The van der Waals surface area contributed by atoms with Gasteiger partial charge in [-0.05, 0) is 49.9 Å². The highest BCUT2D eigenvalue weighted by Crippen LogP contribution is 2.72. The average Bonchev–Trinajstić information content (AvgIpc) is 3.20. The van der Waals surface area contributed by atoms with Gasteiger partial charge in [-0.1, -0.05) is 13.8 Å². The van der Waals surface area contributed by atoms with Gasteiger partial charge in [-0.15, -0.1) is 0 Å². The van der Waals surface area contributed by atoms with Crippen molar-refractivity contribution in [1.29, 1.82) is 0 Å². The molecule has 128 valence electrons. The molecule has 0 aromatic carbocycles. The molecule has 3 saturated carbocycles. The van der Waals surface area contributed by atoms with Crippen LogP contribution in [0, 0.1) is 28.6 Å². The van der Waals surface area contributed by atoms with Gasteiger partial charge in [-0.25, -0.2) is 0 Å². The van der Waals surface area contributed by atoms with Crippen molar-refractivity contribution in [2.24, 2.45) is 28.6 Å². The predicted octanol–water partition coefficient (Wildman–Crippen LogP) is 2.67. The smallest absolute Gasteiger partial charge is 0.306 e. The molecule has 5 rings (SSSR count). The van der Waals surface area contributed by atoms with Gasteiger partial charge in [-0.2, -0.15) is 0 Å². The summed E-state index contributed by atoms with van der Waals surface area (Å²) in [6, 6.07) is 0. The van der Waals surface area contributed by atoms with Crippen molar-refractivity contribution in [3.05, 3.63) is 0 Å². The standard InChI is InChI=1S/C19H28O4/c1-17-5-4-13-12(14(17)8-16(21)22-10-17)7-15-19(23-15)9-11(20)3-6-18(13,19)2/h11-15,20H,3-10H2,1-2H3/t11-,12+,13-,14-,15+,17+,18+,19+/m0/s1. The van der Waals surface area contributed by atoms with Crippen molar-refractivity contribution in [1.82, 2.24) is 0 Å². The van der Waals surface area contributed by atoms with E-state index < -0.39 is 0 Å². The van der Waals surface area contributed by atoms with Gasteiger partial charge in [0.15, 0.2) is 0 Å². The molecule has 0 amide bonds. The van der Waals surface area contributed by atoms with Crippen LogP contribution in [-0.2, 0) is 14.3 Å². The highest BCUT2D eigenvalue weighted by Gasteiger charge is 2.75. The van der Waals surface area contributed by atoms with Gasteiger partial charge in [0, 0.05) is 23.7 Å². The lowest BCUT2D eigenvalue weighted by molar-refractivity contribution is -0.178. The lowest BCUT2D eigenvalue weighted by Crippen LogP contribution is -2.60. The first-order valence-corrected chi connectivity index (χ1v) is 9.39. The van der Waals surface area contributed by atoms with Gasteiger partial charge in [0.25, 0.3) is 0 Å². The summed E-state index contributed by atoms with van der Waals surface area (Å²) < 4.78 is 11.7.